The summed E-state index contributed by atoms with van der Waals surface area (Å²) in [4.78, 5) is 13.5. The SMILES string of the molecule is CCC(=O)CCCN(CCCOC)CCOC. The highest BCUT2D eigenvalue weighted by atomic mass is 16.5. The van der Waals surface area contributed by atoms with Gasteiger partial charge in [-0.15, -0.1) is 0 Å². The minimum atomic E-state index is 0.355. The molecule has 0 amide bonds. The van der Waals surface area contributed by atoms with Crippen molar-refractivity contribution in [1.29, 1.82) is 0 Å². The summed E-state index contributed by atoms with van der Waals surface area (Å²) in [6.07, 6.45) is 3.33. The second-order valence-electron chi connectivity index (χ2n) is 4.18. The molecular formula is C13H27NO3. The van der Waals surface area contributed by atoms with E-state index in [0.717, 1.165) is 45.7 Å². The Labute approximate surface area is 105 Å². The van der Waals surface area contributed by atoms with Crippen LogP contribution in [0.1, 0.15) is 32.6 Å². The third-order valence-corrected chi connectivity index (χ3v) is 2.76. The molecule has 4 heteroatoms. The highest BCUT2D eigenvalue weighted by Gasteiger charge is 2.05. The molecule has 0 aliphatic rings. The van der Waals surface area contributed by atoms with E-state index in [1.54, 1.807) is 14.2 Å². The molecule has 0 saturated carbocycles. The fourth-order valence-corrected chi connectivity index (χ4v) is 1.66. The number of ketones is 1. The van der Waals surface area contributed by atoms with E-state index in [1.165, 1.54) is 0 Å². The number of nitrogens with zero attached hydrogens (tertiary/aromatic N) is 1. The van der Waals surface area contributed by atoms with Gasteiger partial charge in [0.1, 0.15) is 5.78 Å². The van der Waals surface area contributed by atoms with Crippen LogP contribution in [0, 0.1) is 0 Å². The van der Waals surface area contributed by atoms with Crippen LogP contribution < -0.4 is 0 Å². The Morgan fingerprint density at radius 2 is 1.65 bits per heavy atom. The van der Waals surface area contributed by atoms with Gasteiger partial charge in [0.25, 0.3) is 0 Å². The van der Waals surface area contributed by atoms with Crippen LogP contribution in [-0.2, 0) is 14.3 Å². The zero-order chi connectivity index (χ0) is 12.9. The second kappa shape index (κ2) is 12.0. The van der Waals surface area contributed by atoms with Crippen LogP contribution in [0.5, 0.6) is 0 Å². The topological polar surface area (TPSA) is 38.8 Å². The number of Topliss-reactive ketones (excluding diaryl/α,β-unsaturated/α-hetero) is 1. The summed E-state index contributed by atoms with van der Waals surface area (Å²) >= 11 is 0. The predicted molar refractivity (Wildman–Crippen MR) is 69.3 cm³/mol. The van der Waals surface area contributed by atoms with Crippen LogP contribution >= 0.6 is 0 Å². The van der Waals surface area contributed by atoms with E-state index < -0.39 is 0 Å². The van der Waals surface area contributed by atoms with Gasteiger partial charge in [0.15, 0.2) is 0 Å². The van der Waals surface area contributed by atoms with Gasteiger partial charge in [-0.2, -0.15) is 0 Å². The third-order valence-electron chi connectivity index (χ3n) is 2.76. The maximum Gasteiger partial charge on any atom is 0.132 e. The lowest BCUT2D eigenvalue weighted by Crippen LogP contribution is -2.30. The van der Waals surface area contributed by atoms with Crippen molar-refractivity contribution < 1.29 is 14.3 Å². The second-order valence-corrected chi connectivity index (χ2v) is 4.18. The van der Waals surface area contributed by atoms with Crippen molar-refractivity contribution in [1.82, 2.24) is 4.90 Å². The first kappa shape index (κ1) is 16.6. The van der Waals surface area contributed by atoms with Gasteiger partial charge in [0, 0.05) is 46.8 Å². The standard InChI is InChI=1S/C13H27NO3/c1-4-13(15)7-5-8-14(10-12-17-3)9-6-11-16-2/h4-12H2,1-3H3. The molecule has 102 valence electrons. The number of carbonyl (C=O) groups is 1. The molecular weight excluding hydrogens is 218 g/mol. The molecule has 0 bridgehead atoms. The quantitative estimate of drug-likeness (QED) is 0.491. The first-order valence-electron chi connectivity index (χ1n) is 6.46. The monoisotopic (exact) mass is 245 g/mol. The molecule has 0 spiro atoms. The van der Waals surface area contributed by atoms with Crippen LogP contribution in [-0.4, -0.2) is 57.8 Å². The van der Waals surface area contributed by atoms with Crippen LogP contribution in [0.25, 0.3) is 0 Å². The molecule has 0 unspecified atom stereocenters. The number of methoxy groups -OCH3 is 2. The van der Waals surface area contributed by atoms with E-state index in [2.05, 4.69) is 4.90 Å². The number of rotatable bonds is 12. The van der Waals surface area contributed by atoms with Gasteiger partial charge in [0.2, 0.25) is 0 Å². The van der Waals surface area contributed by atoms with E-state index in [0.29, 0.717) is 18.6 Å². The zero-order valence-corrected chi connectivity index (χ0v) is 11.5. The Balaban J connectivity index is 3.71. The van der Waals surface area contributed by atoms with E-state index in [4.69, 9.17) is 9.47 Å². The molecule has 0 atom stereocenters. The van der Waals surface area contributed by atoms with Gasteiger partial charge in [-0.25, -0.2) is 0 Å². The molecule has 17 heavy (non-hydrogen) atoms. The number of carbonyl (C=O) groups excluding carboxylic acids is 1. The Morgan fingerprint density at radius 3 is 2.24 bits per heavy atom. The molecule has 0 fully saturated rings. The molecule has 0 N–H and O–H groups in total. The fourth-order valence-electron chi connectivity index (χ4n) is 1.66. The molecule has 0 heterocycles. The number of hydrogen-bond acceptors (Lipinski definition) is 4. The first-order chi connectivity index (χ1) is 8.24. The van der Waals surface area contributed by atoms with Crippen LogP contribution in [0.2, 0.25) is 0 Å². The highest BCUT2D eigenvalue weighted by molar-refractivity contribution is 5.77. The van der Waals surface area contributed by atoms with Gasteiger partial charge in [0.05, 0.1) is 6.61 Å². The lowest BCUT2D eigenvalue weighted by Gasteiger charge is -2.21. The third kappa shape index (κ3) is 10.4. The molecule has 0 radical (unpaired) electrons. The summed E-state index contributed by atoms with van der Waals surface area (Å²) in [5, 5.41) is 0. The summed E-state index contributed by atoms with van der Waals surface area (Å²) in [7, 11) is 3.44. The van der Waals surface area contributed by atoms with Crippen molar-refractivity contribution in [3.8, 4) is 0 Å². The Kier molecular flexibility index (Phi) is 11.7. The van der Waals surface area contributed by atoms with Gasteiger partial charge in [-0.3, -0.25) is 4.79 Å². The van der Waals surface area contributed by atoms with Crippen molar-refractivity contribution in [3.63, 3.8) is 0 Å². The number of hydrogen-bond donors (Lipinski definition) is 0. The Bertz CT molecular complexity index is 186. The average molecular weight is 245 g/mol. The molecule has 0 rings (SSSR count). The van der Waals surface area contributed by atoms with Gasteiger partial charge >= 0.3 is 0 Å². The fraction of sp³-hybridized carbons (Fsp3) is 0.923. The highest BCUT2D eigenvalue weighted by Crippen LogP contribution is 2.00. The minimum Gasteiger partial charge on any atom is -0.385 e. The predicted octanol–water partition coefficient (Wildman–Crippen LogP) is 1.73. The summed E-state index contributed by atoms with van der Waals surface area (Å²) in [5.74, 6) is 0.355. The lowest BCUT2D eigenvalue weighted by molar-refractivity contribution is -0.118. The molecule has 0 aromatic heterocycles. The van der Waals surface area contributed by atoms with E-state index in [-0.39, 0.29) is 0 Å². The summed E-state index contributed by atoms with van der Waals surface area (Å²) < 4.78 is 10.1. The van der Waals surface area contributed by atoms with Crippen LogP contribution in [0.15, 0.2) is 0 Å². The van der Waals surface area contributed by atoms with Crippen molar-refractivity contribution in [3.05, 3.63) is 0 Å². The van der Waals surface area contributed by atoms with Crippen molar-refractivity contribution >= 4 is 5.78 Å². The smallest absolute Gasteiger partial charge is 0.132 e. The minimum absolute atomic E-state index is 0.355. The molecule has 0 aromatic rings. The van der Waals surface area contributed by atoms with Crippen molar-refractivity contribution in [2.75, 3.05) is 47.1 Å². The van der Waals surface area contributed by atoms with E-state index in [9.17, 15) is 4.79 Å². The maximum atomic E-state index is 11.2. The van der Waals surface area contributed by atoms with Gasteiger partial charge in [-0.05, 0) is 19.4 Å². The van der Waals surface area contributed by atoms with Crippen molar-refractivity contribution in [2.24, 2.45) is 0 Å². The number of ether oxygens (including phenoxy) is 2. The average Bonchev–Trinajstić information content (AvgIpc) is 2.35. The Hall–Kier alpha value is -0.450. The molecule has 0 saturated heterocycles. The molecule has 0 aliphatic carbocycles. The molecule has 0 aliphatic heterocycles. The molecule has 0 aromatic carbocycles. The van der Waals surface area contributed by atoms with E-state index in [1.807, 2.05) is 6.92 Å². The summed E-state index contributed by atoms with van der Waals surface area (Å²) in [6.45, 7) is 6.37. The zero-order valence-electron chi connectivity index (χ0n) is 11.5. The maximum absolute atomic E-state index is 11.2. The normalized spacial score (nSPS) is 11.1. The van der Waals surface area contributed by atoms with Crippen molar-refractivity contribution in [2.45, 2.75) is 32.6 Å². The summed E-state index contributed by atoms with van der Waals surface area (Å²) in [5.41, 5.74) is 0. The molecule has 4 nitrogen and oxygen atoms in total. The van der Waals surface area contributed by atoms with Crippen LogP contribution in [0.4, 0.5) is 0 Å². The lowest BCUT2D eigenvalue weighted by atomic mass is 10.2. The van der Waals surface area contributed by atoms with Gasteiger partial charge < -0.3 is 14.4 Å². The summed E-state index contributed by atoms with van der Waals surface area (Å²) in [6, 6.07) is 0. The van der Waals surface area contributed by atoms with Crippen LogP contribution in [0.3, 0.4) is 0 Å². The first-order valence-corrected chi connectivity index (χ1v) is 6.46. The van der Waals surface area contributed by atoms with E-state index >= 15 is 0 Å². The largest absolute Gasteiger partial charge is 0.385 e. The van der Waals surface area contributed by atoms with Gasteiger partial charge in [-0.1, -0.05) is 6.92 Å². The Morgan fingerprint density at radius 1 is 1.00 bits per heavy atom.